The van der Waals surface area contributed by atoms with Crippen LogP contribution in [-0.4, -0.2) is 0 Å². The zero-order chi connectivity index (χ0) is 9.42. The van der Waals surface area contributed by atoms with Gasteiger partial charge in [0.1, 0.15) is 0 Å². The molecule has 0 radical (unpaired) electrons. The van der Waals surface area contributed by atoms with E-state index in [2.05, 4.69) is 32.1 Å². The van der Waals surface area contributed by atoms with Crippen LogP contribution in [0.1, 0.15) is 41.7 Å². The van der Waals surface area contributed by atoms with Crippen molar-refractivity contribution in [3.8, 4) is 0 Å². The number of hydrogen-bond acceptors (Lipinski definition) is 1. The average molecular weight is 194 g/mol. The molecule has 0 atom stereocenters. The first-order valence-corrected chi connectivity index (χ1v) is 6.20. The van der Waals surface area contributed by atoms with Gasteiger partial charge in [0.15, 0.2) is 0 Å². The van der Waals surface area contributed by atoms with E-state index in [0.29, 0.717) is 0 Å². The van der Waals surface area contributed by atoms with Gasteiger partial charge in [-0.3, -0.25) is 0 Å². The first kappa shape index (κ1) is 9.26. The molecule has 0 saturated heterocycles. The summed E-state index contributed by atoms with van der Waals surface area (Å²) >= 11 is 2.06. The maximum atomic E-state index is 2.38. The highest BCUT2D eigenvalue weighted by molar-refractivity contribution is 7.12. The van der Waals surface area contributed by atoms with E-state index in [0.717, 1.165) is 5.92 Å². The quantitative estimate of drug-likeness (QED) is 0.674. The lowest BCUT2D eigenvalue weighted by molar-refractivity contribution is 0.625. The van der Waals surface area contributed by atoms with Crippen LogP contribution in [0.15, 0.2) is 0 Å². The predicted molar refractivity (Wildman–Crippen MR) is 59.6 cm³/mol. The zero-order valence-corrected chi connectivity index (χ0v) is 9.63. The molecule has 1 aliphatic carbocycles. The highest BCUT2D eigenvalue weighted by Gasteiger charge is 2.24. The molecular formula is C12H18S. The summed E-state index contributed by atoms with van der Waals surface area (Å²) < 4.78 is 0. The SMILES string of the molecule is CCc1sc(CC)c2c1CC(C)C2. The van der Waals surface area contributed by atoms with E-state index in [9.17, 15) is 0 Å². The van der Waals surface area contributed by atoms with E-state index < -0.39 is 0 Å². The summed E-state index contributed by atoms with van der Waals surface area (Å²) in [7, 11) is 0. The molecule has 13 heavy (non-hydrogen) atoms. The Morgan fingerprint density at radius 3 is 1.92 bits per heavy atom. The van der Waals surface area contributed by atoms with Crippen LogP contribution in [-0.2, 0) is 25.7 Å². The second kappa shape index (κ2) is 3.45. The van der Waals surface area contributed by atoms with E-state index in [4.69, 9.17) is 0 Å². The molecule has 1 aromatic heterocycles. The lowest BCUT2D eigenvalue weighted by atomic mass is 10.1. The Labute approximate surface area is 85.0 Å². The Balaban J connectivity index is 2.43. The molecule has 0 fully saturated rings. The molecule has 72 valence electrons. The maximum absolute atomic E-state index is 2.38. The number of hydrogen-bond donors (Lipinski definition) is 0. The first-order valence-electron chi connectivity index (χ1n) is 5.38. The van der Waals surface area contributed by atoms with Crippen molar-refractivity contribution in [1.29, 1.82) is 0 Å². The van der Waals surface area contributed by atoms with Crippen LogP contribution in [0.3, 0.4) is 0 Å². The average Bonchev–Trinajstić information content (AvgIpc) is 2.61. The Morgan fingerprint density at radius 1 is 1.08 bits per heavy atom. The van der Waals surface area contributed by atoms with E-state index in [1.807, 2.05) is 0 Å². The first-order chi connectivity index (χ1) is 6.26. The number of rotatable bonds is 2. The fourth-order valence-corrected chi connectivity index (χ4v) is 3.67. The van der Waals surface area contributed by atoms with Crippen molar-refractivity contribution in [2.24, 2.45) is 5.92 Å². The molecule has 0 aromatic carbocycles. The van der Waals surface area contributed by atoms with Gasteiger partial charge >= 0.3 is 0 Å². The van der Waals surface area contributed by atoms with Crippen LogP contribution in [0.5, 0.6) is 0 Å². The van der Waals surface area contributed by atoms with Crippen molar-refractivity contribution < 1.29 is 0 Å². The van der Waals surface area contributed by atoms with Gasteiger partial charge in [-0.1, -0.05) is 20.8 Å². The third-order valence-electron chi connectivity index (χ3n) is 3.03. The van der Waals surface area contributed by atoms with Crippen LogP contribution in [0.4, 0.5) is 0 Å². The summed E-state index contributed by atoms with van der Waals surface area (Å²) in [6, 6.07) is 0. The van der Waals surface area contributed by atoms with Crippen LogP contribution in [0.25, 0.3) is 0 Å². The van der Waals surface area contributed by atoms with Gasteiger partial charge in [0.25, 0.3) is 0 Å². The summed E-state index contributed by atoms with van der Waals surface area (Å²) in [4.78, 5) is 3.33. The largest absolute Gasteiger partial charge is 0.145 e. The monoisotopic (exact) mass is 194 g/mol. The van der Waals surface area contributed by atoms with E-state index >= 15 is 0 Å². The fourth-order valence-electron chi connectivity index (χ4n) is 2.42. The van der Waals surface area contributed by atoms with E-state index in [1.165, 1.54) is 25.7 Å². The summed E-state index contributed by atoms with van der Waals surface area (Å²) in [6.07, 6.45) is 5.16. The van der Waals surface area contributed by atoms with Crippen LogP contribution in [0, 0.1) is 5.92 Å². The summed E-state index contributed by atoms with van der Waals surface area (Å²) in [5.74, 6) is 0.897. The molecule has 1 aromatic rings. The second-order valence-electron chi connectivity index (χ2n) is 4.13. The molecule has 0 nitrogen and oxygen atoms in total. The van der Waals surface area contributed by atoms with Crippen molar-refractivity contribution in [1.82, 2.24) is 0 Å². The van der Waals surface area contributed by atoms with Gasteiger partial charge in [-0.25, -0.2) is 0 Å². The third kappa shape index (κ3) is 1.43. The smallest absolute Gasteiger partial charge is 0.00803 e. The Bertz CT molecular complexity index is 281. The second-order valence-corrected chi connectivity index (χ2v) is 5.32. The highest BCUT2D eigenvalue weighted by Crippen LogP contribution is 2.38. The Morgan fingerprint density at radius 2 is 1.54 bits per heavy atom. The van der Waals surface area contributed by atoms with Gasteiger partial charge in [-0.15, -0.1) is 11.3 Å². The minimum absolute atomic E-state index is 0.897. The Kier molecular flexibility index (Phi) is 2.46. The van der Waals surface area contributed by atoms with Gasteiger partial charge in [0.2, 0.25) is 0 Å². The highest BCUT2D eigenvalue weighted by atomic mass is 32.1. The van der Waals surface area contributed by atoms with Crippen molar-refractivity contribution in [3.63, 3.8) is 0 Å². The lowest BCUT2D eigenvalue weighted by Gasteiger charge is -2.00. The minimum Gasteiger partial charge on any atom is -0.145 e. The van der Waals surface area contributed by atoms with Gasteiger partial charge < -0.3 is 0 Å². The Hall–Kier alpha value is -0.300. The molecular weight excluding hydrogens is 176 g/mol. The normalized spacial score (nSPS) is 16.5. The van der Waals surface area contributed by atoms with E-state index in [1.54, 1.807) is 20.9 Å². The topological polar surface area (TPSA) is 0 Å². The zero-order valence-electron chi connectivity index (χ0n) is 8.81. The van der Waals surface area contributed by atoms with Crippen LogP contribution < -0.4 is 0 Å². The van der Waals surface area contributed by atoms with E-state index in [-0.39, 0.29) is 0 Å². The molecule has 0 aliphatic heterocycles. The van der Waals surface area contributed by atoms with Crippen molar-refractivity contribution in [2.75, 3.05) is 0 Å². The van der Waals surface area contributed by atoms with Crippen LogP contribution in [0.2, 0.25) is 0 Å². The molecule has 0 unspecified atom stereocenters. The maximum Gasteiger partial charge on any atom is 0.00803 e. The molecule has 1 heteroatoms. The molecule has 1 heterocycles. The molecule has 0 amide bonds. The summed E-state index contributed by atoms with van der Waals surface area (Å²) in [5.41, 5.74) is 3.44. The molecule has 0 bridgehead atoms. The third-order valence-corrected chi connectivity index (χ3v) is 4.59. The number of thiophene rings is 1. The van der Waals surface area contributed by atoms with Gasteiger partial charge in [0.05, 0.1) is 0 Å². The molecule has 0 spiro atoms. The van der Waals surface area contributed by atoms with Crippen molar-refractivity contribution in [3.05, 3.63) is 20.9 Å². The fraction of sp³-hybridized carbons (Fsp3) is 0.667. The lowest BCUT2D eigenvalue weighted by Crippen LogP contribution is -1.92. The molecule has 1 aliphatic rings. The van der Waals surface area contributed by atoms with Gasteiger partial charge in [-0.05, 0) is 42.7 Å². The summed E-state index contributed by atoms with van der Waals surface area (Å²) in [5, 5.41) is 0. The van der Waals surface area contributed by atoms with Gasteiger partial charge in [0, 0.05) is 9.75 Å². The molecule has 2 rings (SSSR count). The molecule has 0 N–H and O–H groups in total. The predicted octanol–water partition coefficient (Wildman–Crippen LogP) is 3.61. The van der Waals surface area contributed by atoms with Crippen molar-refractivity contribution in [2.45, 2.75) is 46.5 Å². The van der Waals surface area contributed by atoms with Crippen LogP contribution >= 0.6 is 11.3 Å². The standard InChI is InChI=1S/C12H18S/c1-4-11-9-6-8(3)7-10(9)12(5-2)13-11/h8H,4-7H2,1-3H3. The van der Waals surface area contributed by atoms with Gasteiger partial charge in [-0.2, -0.15) is 0 Å². The summed E-state index contributed by atoms with van der Waals surface area (Å²) in [6.45, 7) is 6.95. The minimum atomic E-state index is 0.897. The number of fused-ring (bicyclic) bond motifs is 1. The number of aryl methyl sites for hydroxylation is 2. The molecule has 0 saturated carbocycles. The van der Waals surface area contributed by atoms with Crippen molar-refractivity contribution >= 4 is 11.3 Å².